The Hall–Kier alpha value is -4.28. The van der Waals surface area contributed by atoms with E-state index in [4.69, 9.17) is 4.74 Å². The summed E-state index contributed by atoms with van der Waals surface area (Å²) in [7, 11) is 3.14. The second-order valence-electron chi connectivity index (χ2n) is 8.90. The Morgan fingerprint density at radius 3 is 2.50 bits per heavy atom. The summed E-state index contributed by atoms with van der Waals surface area (Å²) < 4.78 is 5.09. The van der Waals surface area contributed by atoms with Crippen LogP contribution in [0.2, 0.25) is 0 Å². The smallest absolute Gasteiger partial charge is 0.270 e. The van der Waals surface area contributed by atoms with E-state index in [9.17, 15) is 19.2 Å². The van der Waals surface area contributed by atoms with E-state index >= 15 is 0 Å². The number of amides is 4. The van der Waals surface area contributed by atoms with Gasteiger partial charge < -0.3 is 15.0 Å². The lowest BCUT2D eigenvalue weighted by molar-refractivity contribution is -0.130. The minimum Gasteiger partial charge on any atom is -0.349 e. The Morgan fingerprint density at radius 1 is 0.974 bits per heavy atom. The first kappa shape index (κ1) is 26.8. The van der Waals surface area contributed by atoms with E-state index in [1.165, 1.54) is 4.90 Å². The maximum absolute atomic E-state index is 13.1. The molecule has 1 aromatic heterocycles. The number of nitrogens with one attached hydrogen (secondary N) is 3. The minimum atomic E-state index is -0.922. The van der Waals surface area contributed by atoms with E-state index < -0.39 is 24.0 Å². The van der Waals surface area contributed by atoms with Gasteiger partial charge in [-0.2, -0.15) is 0 Å². The molecule has 3 N–H and O–H groups in total. The molecule has 1 saturated heterocycles. The Labute approximate surface area is 224 Å². The van der Waals surface area contributed by atoms with Crippen molar-refractivity contribution in [3.05, 3.63) is 89.3 Å². The van der Waals surface area contributed by atoms with Crippen LogP contribution >= 0.6 is 11.3 Å². The van der Waals surface area contributed by atoms with E-state index in [2.05, 4.69) is 22.7 Å². The monoisotopic (exact) mass is 532 g/mol. The van der Waals surface area contributed by atoms with E-state index in [1.54, 1.807) is 49.7 Å². The largest absolute Gasteiger partial charge is 0.349 e. The molecule has 2 unspecified atom stereocenters. The summed E-state index contributed by atoms with van der Waals surface area (Å²) >= 11 is 1.63. The number of ether oxygens (including phenoxy) is 1. The average Bonchev–Trinajstić information content (AvgIpc) is 3.53. The van der Waals surface area contributed by atoms with Crippen molar-refractivity contribution in [3.63, 3.8) is 0 Å². The second-order valence-corrected chi connectivity index (χ2v) is 9.84. The van der Waals surface area contributed by atoms with Gasteiger partial charge in [-0.25, -0.2) is 0 Å². The van der Waals surface area contributed by atoms with Gasteiger partial charge in [0, 0.05) is 36.7 Å². The molecule has 1 fully saturated rings. The molecule has 4 rings (SSSR count). The minimum absolute atomic E-state index is 0.0277. The van der Waals surface area contributed by atoms with Crippen molar-refractivity contribution in [1.29, 1.82) is 0 Å². The zero-order valence-corrected chi connectivity index (χ0v) is 21.8. The molecule has 0 radical (unpaired) electrons. The number of thiophene rings is 1. The van der Waals surface area contributed by atoms with Crippen LogP contribution in [-0.2, 0) is 25.5 Å². The Balaban J connectivity index is 1.30. The molecule has 4 amide bonds. The van der Waals surface area contributed by atoms with Gasteiger partial charge in [0.2, 0.25) is 5.91 Å². The van der Waals surface area contributed by atoms with Crippen molar-refractivity contribution in [2.75, 3.05) is 14.1 Å². The fourth-order valence-electron chi connectivity index (χ4n) is 3.81. The molecule has 3 aromatic rings. The highest BCUT2D eigenvalue weighted by molar-refractivity contribution is 7.13. The van der Waals surface area contributed by atoms with Gasteiger partial charge in [0.25, 0.3) is 17.7 Å². The number of epoxide rings is 1. The molecule has 0 saturated carbocycles. The van der Waals surface area contributed by atoms with Crippen LogP contribution in [0.15, 0.2) is 72.6 Å². The van der Waals surface area contributed by atoms with Crippen molar-refractivity contribution < 1.29 is 23.9 Å². The van der Waals surface area contributed by atoms with Crippen LogP contribution in [-0.4, -0.2) is 54.8 Å². The van der Waals surface area contributed by atoms with Crippen molar-refractivity contribution in [2.45, 2.75) is 25.0 Å². The molecule has 0 bridgehead atoms. The number of nitrogens with zero attached hydrogens (tertiary/aromatic N) is 1. The normalized spacial score (nSPS) is 15.7. The van der Waals surface area contributed by atoms with Crippen molar-refractivity contribution in [1.82, 2.24) is 21.1 Å². The first-order valence-electron chi connectivity index (χ1n) is 11.9. The number of carbonyl (C=O) groups is 4. The van der Waals surface area contributed by atoms with Crippen molar-refractivity contribution in [2.24, 2.45) is 0 Å². The highest BCUT2D eigenvalue weighted by atomic mass is 32.1. The molecule has 9 nitrogen and oxygen atoms in total. The number of hydrogen-bond acceptors (Lipinski definition) is 6. The molecule has 2 atom stereocenters. The molecular weight excluding hydrogens is 504 g/mol. The molecule has 2 aromatic carbocycles. The first-order valence-corrected chi connectivity index (χ1v) is 12.8. The highest BCUT2D eigenvalue weighted by Gasteiger charge is 2.51. The lowest BCUT2D eigenvalue weighted by atomic mass is 10.0. The lowest BCUT2D eigenvalue weighted by Gasteiger charge is -2.13. The SMILES string of the molecule is C=C(NC(=O)c1ccccc1CCC(=O)NNC(=O)C1OC1C(=O)N(C)C)c1cccc(-c2cccs2)c1. The van der Waals surface area contributed by atoms with Crippen LogP contribution in [0.25, 0.3) is 16.1 Å². The molecule has 1 aliphatic rings. The van der Waals surface area contributed by atoms with Gasteiger partial charge in [-0.05, 0) is 46.7 Å². The van der Waals surface area contributed by atoms with Gasteiger partial charge in [-0.15, -0.1) is 11.3 Å². The Bertz CT molecular complexity index is 1370. The fraction of sp³-hybridized carbons (Fsp3) is 0.214. The maximum atomic E-state index is 13.1. The van der Waals surface area contributed by atoms with Crippen LogP contribution in [0.1, 0.15) is 27.9 Å². The molecule has 38 heavy (non-hydrogen) atoms. The third-order valence-corrected chi connectivity index (χ3v) is 6.84. The van der Waals surface area contributed by atoms with E-state index in [-0.39, 0.29) is 24.7 Å². The van der Waals surface area contributed by atoms with Gasteiger partial charge in [0.05, 0.1) is 0 Å². The molecule has 0 spiro atoms. The highest BCUT2D eigenvalue weighted by Crippen LogP contribution is 2.27. The summed E-state index contributed by atoms with van der Waals surface area (Å²) in [6, 6.07) is 18.8. The van der Waals surface area contributed by atoms with Gasteiger partial charge in [0.15, 0.2) is 12.2 Å². The molecule has 2 heterocycles. The van der Waals surface area contributed by atoms with Crippen molar-refractivity contribution in [3.8, 4) is 10.4 Å². The van der Waals surface area contributed by atoms with Crippen LogP contribution in [0.5, 0.6) is 0 Å². The number of aryl methyl sites for hydroxylation is 1. The Kier molecular flexibility index (Phi) is 8.35. The molecule has 0 aliphatic carbocycles. The zero-order valence-electron chi connectivity index (χ0n) is 21.0. The number of rotatable bonds is 9. The predicted molar refractivity (Wildman–Crippen MR) is 145 cm³/mol. The first-order chi connectivity index (χ1) is 18.2. The number of carbonyl (C=O) groups excluding carboxylic acids is 4. The second kappa shape index (κ2) is 11.8. The topological polar surface area (TPSA) is 120 Å². The van der Waals surface area contributed by atoms with E-state index in [1.807, 2.05) is 41.8 Å². The van der Waals surface area contributed by atoms with Crippen LogP contribution < -0.4 is 16.2 Å². The molecule has 1 aliphatic heterocycles. The zero-order chi connectivity index (χ0) is 27.2. The lowest BCUT2D eigenvalue weighted by Crippen LogP contribution is -2.45. The number of benzene rings is 2. The summed E-state index contributed by atoms with van der Waals surface area (Å²) in [5.41, 5.74) is 8.01. The summed E-state index contributed by atoms with van der Waals surface area (Å²) in [6.45, 7) is 4.04. The molecule has 196 valence electrons. The van der Waals surface area contributed by atoms with Gasteiger partial charge in [-0.1, -0.05) is 49.0 Å². The number of hydrogen-bond donors (Lipinski definition) is 3. The molecule has 10 heteroatoms. The van der Waals surface area contributed by atoms with Gasteiger partial charge >= 0.3 is 0 Å². The van der Waals surface area contributed by atoms with Crippen LogP contribution in [0.3, 0.4) is 0 Å². The number of likely N-dealkylation sites (N-methyl/N-ethyl adjacent to an activating group) is 1. The van der Waals surface area contributed by atoms with Gasteiger partial charge in [0.1, 0.15) is 0 Å². The number of hydrazine groups is 1. The average molecular weight is 533 g/mol. The summed E-state index contributed by atoms with van der Waals surface area (Å²) in [6.07, 6.45) is -1.46. The molecular formula is C28H28N4O5S. The predicted octanol–water partition coefficient (Wildman–Crippen LogP) is 2.75. The van der Waals surface area contributed by atoms with Crippen LogP contribution in [0, 0.1) is 0 Å². The van der Waals surface area contributed by atoms with Crippen molar-refractivity contribution >= 4 is 40.7 Å². The summed E-state index contributed by atoms with van der Waals surface area (Å²) in [5.74, 6) is -1.69. The quantitative estimate of drug-likeness (QED) is 0.289. The van der Waals surface area contributed by atoms with E-state index in [0.717, 1.165) is 16.0 Å². The van der Waals surface area contributed by atoms with Gasteiger partial charge in [-0.3, -0.25) is 30.0 Å². The Morgan fingerprint density at radius 2 is 1.76 bits per heavy atom. The maximum Gasteiger partial charge on any atom is 0.270 e. The summed E-state index contributed by atoms with van der Waals surface area (Å²) in [5, 5.41) is 4.87. The third-order valence-electron chi connectivity index (χ3n) is 5.92. The van der Waals surface area contributed by atoms with E-state index in [0.29, 0.717) is 16.8 Å². The standard InChI is InChI=1S/C28H28N4O5S/c1-17(19-9-6-10-20(16-19)22-12-7-15-38-22)29-26(34)21-11-5-4-8-18(21)13-14-23(33)30-31-27(35)24-25(37-24)28(36)32(2)3/h4-12,15-16,24-25H,1,13-14H2,2-3H3,(H,29,34)(H,30,33)(H,31,35). The summed E-state index contributed by atoms with van der Waals surface area (Å²) in [4.78, 5) is 51.7. The third kappa shape index (κ3) is 6.53. The van der Waals surface area contributed by atoms with Crippen LogP contribution in [0.4, 0.5) is 0 Å². The fourth-order valence-corrected chi connectivity index (χ4v) is 4.53.